The monoisotopic (exact) mass is 326 g/mol. The first-order valence-electron chi connectivity index (χ1n) is 5.80. The maximum absolute atomic E-state index is 13.6. The fourth-order valence-corrected chi connectivity index (χ4v) is 1.54. The molecular formula is C12H14F4N2O2S. The maximum Gasteiger partial charge on any atom is 0.422 e. The molecule has 0 aliphatic heterocycles. The second-order valence-corrected chi connectivity index (χ2v) is 6.97. The molecule has 0 aliphatic rings. The van der Waals surface area contributed by atoms with Crippen molar-refractivity contribution in [3.05, 3.63) is 23.8 Å². The van der Waals surface area contributed by atoms with Gasteiger partial charge >= 0.3 is 6.18 Å². The van der Waals surface area contributed by atoms with Crippen molar-refractivity contribution in [3.63, 3.8) is 0 Å². The molecule has 0 saturated carbocycles. The van der Waals surface area contributed by atoms with Gasteiger partial charge in [-0.2, -0.15) is 17.6 Å². The Kier molecular flexibility index (Phi) is 5.43. The lowest BCUT2D eigenvalue weighted by atomic mass is 10.3. The number of halogens is 4. The Hall–Kier alpha value is -1.51. The summed E-state index contributed by atoms with van der Waals surface area (Å²) in [6.45, 7) is 3.55. The van der Waals surface area contributed by atoms with Gasteiger partial charge in [-0.1, -0.05) is 0 Å². The average molecular weight is 326 g/mol. The van der Waals surface area contributed by atoms with E-state index in [9.17, 15) is 21.8 Å². The lowest BCUT2D eigenvalue weighted by Gasteiger charge is -2.12. The summed E-state index contributed by atoms with van der Waals surface area (Å²) in [5, 5.41) is 0. The molecule has 0 spiro atoms. The summed E-state index contributed by atoms with van der Waals surface area (Å²) in [6, 6.07) is 0.764. The topological polar surface area (TPSA) is 51.5 Å². The van der Waals surface area contributed by atoms with E-state index in [0.29, 0.717) is 0 Å². The number of aromatic nitrogens is 1. The van der Waals surface area contributed by atoms with E-state index in [1.807, 2.05) is 0 Å². The Morgan fingerprint density at radius 2 is 2.00 bits per heavy atom. The van der Waals surface area contributed by atoms with E-state index in [4.69, 9.17) is 0 Å². The fourth-order valence-electron chi connectivity index (χ4n) is 1.03. The molecule has 1 aromatic heterocycles. The Morgan fingerprint density at radius 1 is 1.38 bits per heavy atom. The van der Waals surface area contributed by atoms with Gasteiger partial charge in [0.1, 0.15) is 22.4 Å². The fraction of sp³-hybridized carbons (Fsp3) is 0.500. The van der Waals surface area contributed by atoms with Crippen molar-refractivity contribution in [2.75, 3.05) is 6.61 Å². The highest BCUT2D eigenvalue weighted by Gasteiger charge is 2.28. The smallest absolute Gasteiger partial charge is 0.422 e. The zero-order valence-corrected chi connectivity index (χ0v) is 12.4. The molecule has 1 atom stereocenters. The third kappa shape index (κ3) is 6.19. The number of nitrogens with zero attached hydrogens (tertiary/aromatic N) is 2. The molecule has 0 bridgehead atoms. The van der Waals surface area contributed by atoms with Gasteiger partial charge in [-0.25, -0.2) is 13.6 Å². The van der Waals surface area contributed by atoms with Crippen LogP contribution in [0.4, 0.5) is 17.6 Å². The molecule has 118 valence electrons. The summed E-state index contributed by atoms with van der Waals surface area (Å²) in [5.74, 6) is -1.26. The first kappa shape index (κ1) is 17.5. The van der Waals surface area contributed by atoms with Crippen LogP contribution in [0.15, 0.2) is 16.7 Å². The number of rotatable bonds is 4. The van der Waals surface area contributed by atoms with Crippen molar-refractivity contribution in [3.8, 4) is 5.75 Å². The second-order valence-electron chi connectivity index (χ2n) is 5.04. The van der Waals surface area contributed by atoms with Gasteiger partial charge in [0.2, 0.25) is 0 Å². The Labute approximate surface area is 121 Å². The summed E-state index contributed by atoms with van der Waals surface area (Å²) < 4.78 is 68.5. The van der Waals surface area contributed by atoms with Crippen molar-refractivity contribution < 1.29 is 26.5 Å². The summed E-state index contributed by atoms with van der Waals surface area (Å²) in [4.78, 5) is 3.58. The van der Waals surface area contributed by atoms with Crippen molar-refractivity contribution in [1.29, 1.82) is 0 Å². The molecule has 4 nitrogen and oxygen atoms in total. The van der Waals surface area contributed by atoms with Crippen LogP contribution in [-0.4, -0.2) is 32.9 Å². The van der Waals surface area contributed by atoms with E-state index in [1.165, 1.54) is 0 Å². The molecule has 0 aromatic carbocycles. The number of alkyl halides is 3. The third-order valence-corrected chi connectivity index (χ3v) is 3.39. The third-order valence-electron chi connectivity index (χ3n) is 2.04. The van der Waals surface area contributed by atoms with Crippen LogP contribution in [0.3, 0.4) is 0 Å². The van der Waals surface area contributed by atoms with Crippen molar-refractivity contribution in [2.45, 2.75) is 31.7 Å². The minimum Gasteiger partial charge on any atom is -0.482 e. The van der Waals surface area contributed by atoms with E-state index in [0.717, 1.165) is 18.5 Å². The van der Waals surface area contributed by atoms with Crippen LogP contribution in [0.25, 0.3) is 0 Å². The average Bonchev–Trinajstić information content (AvgIpc) is 2.32. The highest BCUT2D eigenvalue weighted by Crippen LogP contribution is 2.19. The first-order chi connectivity index (χ1) is 9.49. The lowest BCUT2D eigenvalue weighted by molar-refractivity contribution is -0.153. The van der Waals surface area contributed by atoms with E-state index in [-0.39, 0.29) is 11.4 Å². The van der Waals surface area contributed by atoms with Gasteiger partial charge < -0.3 is 4.74 Å². The van der Waals surface area contributed by atoms with Crippen LogP contribution in [-0.2, 0) is 11.0 Å². The largest absolute Gasteiger partial charge is 0.482 e. The zero-order chi connectivity index (χ0) is 16.3. The van der Waals surface area contributed by atoms with Gasteiger partial charge in [0.15, 0.2) is 12.4 Å². The second kappa shape index (κ2) is 6.50. The number of hydrogen-bond donors (Lipinski definition) is 0. The van der Waals surface area contributed by atoms with Gasteiger partial charge in [-0.05, 0) is 20.8 Å². The molecule has 21 heavy (non-hydrogen) atoms. The number of hydrogen-bond acceptors (Lipinski definition) is 3. The Morgan fingerprint density at radius 3 is 2.48 bits per heavy atom. The van der Waals surface area contributed by atoms with Crippen LogP contribution in [0.1, 0.15) is 26.5 Å². The van der Waals surface area contributed by atoms with Crippen molar-refractivity contribution >= 4 is 17.2 Å². The Balaban J connectivity index is 2.80. The van der Waals surface area contributed by atoms with Gasteiger partial charge in [-0.15, -0.1) is 0 Å². The summed E-state index contributed by atoms with van der Waals surface area (Å²) in [6.07, 6.45) is -2.60. The van der Waals surface area contributed by atoms with Gasteiger partial charge in [-0.3, -0.25) is 0 Å². The lowest BCUT2D eigenvalue weighted by Crippen LogP contribution is -2.20. The molecule has 9 heteroatoms. The molecular weight excluding hydrogens is 312 g/mol. The highest BCUT2D eigenvalue weighted by atomic mass is 32.2. The van der Waals surface area contributed by atoms with Crippen molar-refractivity contribution in [2.24, 2.45) is 4.40 Å². The summed E-state index contributed by atoms with van der Waals surface area (Å²) >= 11 is 0. The van der Waals surface area contributed by atoms with Gasteiger partial charge in [0, 0.05) is 6.07 Å². The van der Waals surface area contributed by atoms with Crippen molar-refractivity contribution in [1.82, 2.24) is 4.98 Å². The van der Waals surface area contributed by atoms with E-state index >= 15 is 0 Å². The van der Waals surface area contributed by atoms with Crippen LogP contribution >= 0.6 is 0 Å². The zero-order valence-electron chi connectivity index (χ0n) is 11.6. The predicted octanol–water partition coefficient (Wildman–Crippen LogP) is 3.04. The van der Waals surface area contributed by atoms with E-state index < -0.39 is 34.3 Å². The molecule has 0 N–H and O–H groups in total. The maximum atomic E-state index is 13.6. The summed E-state index contributed by atoms with van der Waals surface area (Å²) in [7, 11) is -1.58. The van der Waals surface area contributed by atoms with Crippen LogP contribution < -0.4 is 4.74 Å². The molecule has 0 unspecified atom stereocenters. The minimum atomic E-state index is -4.51. The standard InChI is InChI=1S/C12H14F4N2O2S/c1-11(2,3)21(19)18-6-10-9(13)4-8(5-17-10)20-7-12(14,15)16/h4-6H,7H2,1-3H3/b18-6+/t21-/m1/s1. The highest BCUT2D eigenvalue weighted by molar-refractivity contribution is 7.85. The Bertz CT molecular complexity index is 553. The molecule has 0 radical (unpaired) electrons. The molecule has 0 fully saturated rings. The van der Waals surface area contributed by atoms with Crippen LogP contribution in [0.5, 0.6) is 5.75 Å². The van der Waals surface area contributed by atoms with E-state index in [2.05, 4.69) is 14.1 Å². The molecule has 0 aliphatic carbocycles. The van der Waals surface area contributed by atoms with Crippen LogP contribution in [0, 0.1) is 5.82 Å². The number of ether oxygens (including phenoxy) is 1. The van der Waals surface area contributed by atoms with Gasteiger partial charge in [0.05, 0.1) is 17.2 Å². The minimum absolute atomic E-state index is 0.230. The molecule has 1 rings (SSSR count). The first-order valence-corrected chi connectivity index (χ1v) is 6.91. The molecule has 1 heterocycles. The van der Waals surface area contributed by atoms with Gasteiger partial charge in [0.25, 0.3) is 0 Å². The predicted molar refractivity (Wildman–Crippen MR) is 71.2 cm³/mol. The SMILES string of the molecule is CC(C)(C)[S@@](=O)/N=C/c1ncc(OCC(F)(F)F)cc1F. The normalized spacial score (nSPS) is 14.4. The summed E-state index contributed by atoms with van der Waals surface area (Å²) in [5.41, 5.74) is -0.230. The van der Waals surface area contributed by atoms with Crippen LogP contribution in [0.2, 0.25) is 0 Å². The quantitative estimate of drug-likeness (QED) is 0.631. The number of pyridine rings is 1. The molecule has 0 saturated heterocycles. The molecule has 1 aromatic rings. The molecule has 0 amide bonds. The van der Waals surface area contributed by atoms with E-state index in [1.54, 1.807) is 20.8 Å².